The van der Waals surface area contributed by atoms with Crippen molar-refractivity contribution in [1.82, 2.24) is 5.16 Å². The van der Waals surface area contributed by atoms with Gasteiger partial charge in [-0.05, 0) is 30.9 Å². The van der Waals surface area contributed by atoms with Crippen LogP contribution in [0, 0.1) is 0 Å². The molecule has 118 valence electrons. The van der Waals surface area contributed by atoms with Gasteiger partial charge in [0.15, 0.2) is 5.69 Å². The van der Waals surface area contributed by atoms with Crippen molar-refractivity contribution in [3.8, 4) is 0 Å². The number of benzene rings is 1. The molecule has 23 heavy (non-hydrogen) atoms. The van der Waals surface area contributed by atoms with Gasteiger partial charge < -0.3 is 14.5 Å². The summed E-state index contributed by atoms with van der Waals surface area (Å²) in [4.78, 5) is 25.9. The predicted octanol–water partition coefficient (Wildman–Crippen LogP) is 2.38. The van der Waals surface area contributed by atoms with E-state index in [9.17, 15) is 14.7 Å². The van der Waals surface area contributed by atoms with E-state index < -0.39 is 11.9 Å². The zero-order valence-electron chi connectivity index (χ0n) is 12.5. The topological polar surface area (TPSA) is 83.6 Å². The third-order valence-electron chi connectivity index (χ3n) is 4.66. The van der Waals surface area contributed by atoms with Gasteiger partial charge in [-0.15, -0.1) is 0 Å². The average molecular weight is 312 g/mol. The first-order valence-electron chi connectivity index (χ1n) is 7.78. The number of carboxylic acids is 1. The molecule has 2 aliphatic rings. The summed E-state index contributed by atoms with van der Waals surface area (Å²) in [6, 6.07) is 7.14. The molecule has 1 amide bonds. The molecule has 2 heterocycles. The molecule has 6 heteroatoms. The Morgan fingerprint density at radius 2 is 2.00 bits per heavy atom. The number of hydrogen-bond acceptors (Lipinski definition) is 4. The number of amides is 1. The van der Waals surface area contributed by atoms with Gasteiger partial charge in [0.25, 0.3) is 5.91 Å². The van der Waals surface area contributed by atoms with E-state index in [4.69, 9.17) is 4.52 Å². The average Bonchev–Trinajstić information content (AvgIpc) is 3.16. The minimum atomic E-state index is -0.921. The third kappa shape index (κ3) is 2.13. The monoisotopic (exact) mass is 312 g/mol. The number of carbonyl (C=O) groups is 2. The third-order valence-corrected chi connectivity index (χ3v) is 4.66. The van der Waals surface area contributed by atoms with Crippen LogP contribution in [0.25, 0.3) is 0 Å². The number of nitrogens with zero attached hydrogens (tertiary/aromatic N) is 2. The highest BCUT2D eigenvalue weighted by Crippen LogP contribution is 2.37. The summed E-state index contributed by atoms with van der Waals surface area (Å²) in [7, 11) is 0. The fourth-order valence-corrected chi connectivity index (χ4v) is 3.49. The number of aliphatic carboxylic acids is 1. The standard InChI is InChI=1S/C17H16N2O4/c20-16(15-11-6-2-4-8-14(11)23-18-15)19-9-12(17(21)22)10-5-1-3-7-13(10)19/h1,3,5,7,12H,2,4,6,8-9H2,(H,21,22). The van der Waals surface area contributed by atoms with E-state index in [-0.39, 0.29) is 12.5 Å². The Balaban J connectivity index is 1.72. The molecule has 1 aromatic heterocycles. The Hall–Kier alpha value is -2.63. The van der Waals surface area contributed by atoms with Gasteiger partial charge in [-0.2, -0.15) is 0 Å². The predicted molar refractivity (Wildman–Crippen MR) is 81.6 cm³/mol. The maximum atomic E-state index is 12.9. The van der Waals surface area contributed by atoms with Gasteiger partial charge in [0.1, 0.15) is 11.7 Å². The quantitative estimate of drug-likeness (QED) is 0.920. The summed E-state index contributed by atoms with van der Waals surface area (Å²) in [5.74, 6) is -1.09. The van der Waals surface area contributed by atoms with E-state index in [0.29, 0.717) is 16.9 Å². The molecule has 1 aliphatic heterocycles. The number of carbonyl (C=O) groups excluding carboxylic acids is 1. The van der Waals surface area contributed by atoms with Crippen molar-refractivity contribution in [3.63, 3.8) is 0 Å². The van der Waals surface area contributed by atoms with E-state index in [1.165, 1.54) is 4.90 Å². The van der Waals surface area contributed by atoms with E-state index in [2.05, 4.69) is 5.16 Å². The first-order valence-corrected chi connectivity index (χ1v) is 7.78. The van der Waals surface area contributed by atoms with Gasteiger partial charge in [-0.3, -0.25) is 9.59 Å². The highest BCUT2D eigenvalue weighted by molar-refractivity contribution is 6.08. The number of anilines is 1. The molecular weight excluding hydrogens is 296 g/mol. The molecule has 1 atom stereocenters. The van der Waals surface area contributed by atoms with Crippen LogP contribution >= 0.6 is 0 Å². The van der Waals surface area contributed by atoms with Crippen LogP contribution in [0.5, 0.6) is 0 Å². The van der Waals surface area contributed by atoms with Crippen LogP contribution in [-0.4, -0.2) is 28.7 Å². The van der Waals surface area contributed by atoms with Crippen molar-refractivity contribution >= 4 is 17.6 Å². The van der Waals surface area contributed by atoms with Crippen LogP contribution in [0.4, 0.5) is 5.69 Å². The van der Waals surface area contributed by atoms with E-state index in [1.54, 1.807) is 18.2 Å². The number of para-hydroxylation sites is 1. The fourth-order valence-electron chi connectivity index (χ4n) is 3.49. The lowest BCUT2D eigenvalue weighted by Gasteiger charge is -2.17. The van der Waals surface area contributed by atoms with Crippen LogP contribution in [0.3, 0.4) is 0 Å². The van der Waals surface area contributed by atoms with Crippen LogP contribution < -0.4 is 4.90 Å². The summed E-state index contributed by atoms with van der Waals surface area (Å²) in [5, 5.41) is 13.4. The summed E-state index contributed by atoms with van der Waals surface area (Å²) < 4.78 is 5.32. The van der Waals surface area contributed by atoms with Crippen LogP contribution in [-0.2, 0) is 17.6 Å². The molecular formula is C17H16N2O4. The first kappa shape index (κ1) is 14.0. The molecule has 2 aromatic rings. The number of rotatable bonds is 2. The van der Waals surface area contributed by atoms with E-state index in [0.717, 1.165) is 37.0 Å². The van der Waals surface area contributed by atoms with Gasteiger partial charge in [-0.1, -0.05) is 23.4 Å². The van der Waals surface area contributed by atoms with Crippen molar-refractivity contribution in [1.29, 1.82) is 0 Å². The zero-order chi connectivity index (χ0) is 16.0. The largest absolute Gasteiger partial charge is 0.481 e. The first-order chi connectivity index (χ1) is 11.2. The number of carboxylic acid groups (broad SMARTS) is 1. The highest BCUT2D eigenvalue weighted by atomic mass is 16.5. The second kappa shape index (κ2) is 5.22. The molecule has 6 nitrogen and oxygen atoms in total. The molecule has 1 aromatic carbocycles. The lowest BCUT2D eigenvalue weighted by atomic mass is 9.96. The molecule has 0 spiro atoms. The van der Waals surface area contributed by atoms with E-state index >= 15 is 0 Å². The van der Waals surface area contributed by atoms with Crippen molar-refractivity contribution in [2.24, 2.45) is 0 Å². The van der Waals surface area contributed by atoms with E-state index in [1.807, 2.05) is 6.07 Å². The molecule has 0 fully saturated rings. The molecule has 1 aliphatic carbocycles. The Bertz CT molecular complexity index is 796. The molecule has 0 radical (unpaired) electrons. The van der Waals surface area contributed by atoms with Crippen molar-refractivity contribution < 1.29 is 19.2 Å². The van der Waals surface area contributed by atoms with Gasteiger partial charge in [0.05, 0.1) is 0 Å². The lowest BCUT2D eigenvalue weighted by Crippen LogP contribution is -2.32. The minimum absolute atomic E-state index is 0.134. The molecule has 4 rings (SSSR count). The maximum Gasteiger partial charge on any atom is 0.312 e. The summed E-state index contributed by atoms with van der Waals surface area (Å²) in [6.45, 7) is 0.134. The zero-order valence-corrected chi connectivity index (χ0v) is 12.5. The summed E-state index contributed by atoms with van der Waals surface area (Å²) >= 11 is 0. The van der Waals surface area contributed by atoms with Gasteiger partial charge in [-0.25, -0.2) is 0 Å². The van der Waals surface area contributed by atoms with Crippen LogP contribution in [0.1, 0.15) is 46.1 Å². The van der Waals surface area contributed by atoms with Crippen LogP contribution in [0.15, 0.2) is 28.8 Å². The molecule has 0 bridgehead atoms. The Labute approximate surface area is 132 Å². The fraction of sp³-hybridized carbons (Fsp3) is 0.353. The second-order valence-electron chi connectivity index (χ2n) is 6.01. The lowest BCUT2D eigenvalue weighted by molar-refractivity contribution is -0.138. The maximum absolute atomic E-state index is 12.9. The van der Waals surface area contributed by atoms with Crippen molar-refractivity contribution in [3.05, 3.63) is 46.8 Å². The Kier molecular flexibility index (Phi) is 3.18. The molecule has 1 unspecified atom stereocenters. The minimum Gasteiger partial charge on any atom is -0.481 e. The number of hydrogen-bond donors (Lipinski definition) is 1. The number of fused-ring (bicyclic) bond motifs is 2. The number of aryl methyl sites for hydroxylation is 1. The van der Waals surface area contributed by atoms with Crippen LogP contribution in [0.2, 0.25) is 0 Å². The normalized spacial score (nSPS) is 19.3. The second-order valence-corrected chi connectivity index (χ2v) is 6.01. The summed E-state index contributed by atoms with van der Waals surface area (Å²) in [5.41, 5.74) is 2.54. The number of aromatic nitrogens is 1. The van der Waals surface area contributed by atoms with Gasteiger partial charge in [0, 0.05) is 24.2 Å². The van der Waals surface area contributed by atoms with Gasteiger partial charge in [0.2, 0.25) is 0 Å². The molecule has 0 saturated carbocycles. The Morgan fingerprint density at radius 1 is 1.22 bits per heavy atom. The van der Waals surface area contributed by atoms with Crippen molar-refractivity contribution in [2.45, 2.75) is 31.6 Å². The molecule has 1 N–H and O–H groups in total. The smallest absolute Gasteiger partial charge is 0.312 e. The summed E-state index contributed by atoms with van der Waals surface area (Å²) in [6.07, 6.45) is 3.66. The van der Waals surface area contributed by atoms with Crippen molar-refractivity contribution in [2.75, 3.05) is 11.4 Å². The highest BCUT2D eigenvalue weighted by Gasteiger charge is 2.38. The molecule has 0 saturated heterocycles. The SMILES string of the molecule is O=C(O)C1CN(C(=O)c2noc3c2CCCC3)c2ccccc21. The van der Waals surface area contributed by atoms with Gasteiger partial charge >= 0.3 is 5.97 Å². The Morgan fingerprint density at radius 3 is 2.83 bits per heavy atom.